The van der Waals surface area contributed by atoms with Crippen LogP contribution in [0.5, 0.6) is 0 Å². The zero-order chi connectivity index (χ0) is 26.1. The van der Waals surface area contributed by atoms with Crippen molar-refractivity contribution in [3.8, 4) is 11.3 Å². The molecule has 1 aliphatic heterocycles. The fourth-order valence-corrected chi connectivity index (χ4v) is 5.51. The summed E-state index contributed by atoms with van der Waals surface area (Å²) in [7, 11) is 0. The maximum atomic E-state index is 13.9. The van der Waals surface area contributed by atoms with Crippen LogP contribution >= 0.6 is 22.9 Å². The number of carbonyl (C=O) groups excluding carboxylic acids is 3. The number of aryl methyl sites for hydroxylation is 1. The van der Waals surface area contributed by atoms with Crippen molar-refractivity contribution in [1.82, 2.24) is 20.0 Å². The lowest BCUT2D eigenvalue weighted by molar-refractivity contribution is 0.0629. The Kier molecular flexibility index (Phi) is 6.90. The van der Waals surface area contributed by atoms with Crippen LogP contribution < -0.4 is 5.32 Å². The molecule has 0 saturated heterocycles. The normalized spacial score (nSPS) is 13.6. The number of halogens is 2. The number of fused-ring (bicyclic) bond motifs is 1. The summed E-state index contributed by atoms with van der Waals surface area (Å²) in [6.07, 6.45) is 1.79. The van der Waals surface area contributed by atoms with E-state index in [1.54, 1.807) is 53.3 Å². The molecule has 188 valence electrons. The molecule has 7 nitrogen and oxygen atoms in total. The number of carbonyl (C=O) groups is 3. The summed E-state index contributed by atoms with van der Waals surface area (Å²) >= 11 is 7.56. The molecule has 5 rings (SSSR count). The lowest BCUT2D eigenvalue weighted by Gasteiger charge is -2.24. The Hall–Kier alpha value is -3.82. The van der Waals surface area contributed by atoms with E-state index >= 15 is 0 Å². The number of thiophene rings is 1. The lowest BCUT2D eigenvalue weighted by Crippen LogP contribution is -2.46. The number of imide groups is 1. The second-order valence-corrected chi connectivity index (χ2v) is 9.95. The Bertz CT molecular complexity index is 1480. The van der Waals surface area contributed by atoms with Crippen molar-refractivity contribution in [2.24, 2.45) is 0 Å². The van der Waals surface area contributed by atoms with E-state index < -0.39 is 23.7 Å². The predicted molar refractivity (Wildman–Crippen MR) is 139 cm³/mol. The zero-order valence-electron chi connectivity index (χ0n) is 19.8. The molecule has 1 atom stereocenters. The molecule has 0 unspecified atom stereocenters. The first-order chi connectivity index (χ1) is 17.9. The van der Waals surface area contributed by atoms with Crippen LogP contribution in [0.3, 0.4) is 0 Å². The minimum atomic E-state index is -0.646. The minimum absolute atomic E-state index is 0.0543. The summed E-state index contributed by atoms with van der Waals surface area (Å²) in [6, 6.07) is 13.7. The molecule has 2 aromatic carbocycles. The van der Waals surface area contributed by atoms with Crippen LogP contribution in [-0.4, -0.2) is 45.0 Å². The number of rotatable bonds is 8. The molecule has 0 aliphatic carbocycles. The topological polar surface area (TPSA) is 84.3 Å². The number of benzene rings is 2. The van der Waals surface area contributed by atoms with E-state index in [9.17, 15) is 18.8 Å². The van der Waals surface area contributed by atoms with Crippen LogP contribution in [-0.2, 0) is 13.0 Å². The molecule has 1 aliphatic rings. The molecule has 0 radical (unpaired) electrons. The molecular formula is C27H22ClFN4O3S. The van der Waals surface area contributed by atoms with Gasteiger partial charge in [-0.05, 0) is 49.2 Å². The van der Waals surface area contributed by atoms with Gasteiger partial charge in [-0.15, -0.1) is 11.3 Å². The SMILES string of the molecule is CCn1ncc(Cl)c1-c1csc(C(=O)N[C@@H](Cc2cccc(F)c2)CN2C(=O)c3ccccc3C2=O)c1. The summed E-state index contributed by atoms with van der Waals surface area (Å²) in [5.41, 5.74) is 2.78. The Morgan fingerprint density at radius 1 is 1.11 bits per heavy atom. The standard InChI is InChI=1S/C27H22ClFN4O3S/c1-2-33-24(22(28)13-30-33)17-12-23(37-15-17)25(34)31-19(11-16-6-5-7-18(29)10-16)14-32-26(35)20-8-3-4-9-21(20)27(32)36/h3-10,12-13,15,19H,2,11,14H2,1H3,(H,31,34)/t19-/m0/s1. The Morgan fingerprint density at radius 3 is 2.51 bits per heavy atom. The summed E-state index contributed by atoms with van der Waals surface area (Å²) in [5.74, 6) is -1.61. The third kappa shape index (κ3) is 4.92. The minimum Gasteiger partial charge on any atom is -0.346 e. The predicted octanol–water partition coefficient (Wildman–Crippen LogP) is 5.06. The molecular weight excluding hydrogens is 515 g/mol. The molecule has 3 amide bonds. The molecule has 0 saturated carbocycles. The average molecular weight is 537 g/mol. The molecule has 0 fully saturated rings. The highest BCUT2D eigenvalue weighted by atomic mass is 35.5. The van der Waals surface area contributed by atoms with Gasteiger partial charge in [-0.2, -0.15) is 5.10 Å². The van der Waals surface area contributed by atoms with Crippen LogP contribution in [0.1, 0.15) is 42.9 Å². The number of aromatic nitrogens is 2. The van der Waals surface area contributed by atoms with Crippen molar-refractivity contribution < 1.29 is 18.8 Å². The molecule has 0 spiro atoms. The lowest BCUT2D eigenvalue weighted by atomic mass is 10.0. The first-order valence-electron chi connectivity index (χ1n) is 11.7. The van der Waals surface area contributed by atoms with Crippen LogP contribution in [0, 0.1) is 5.82 Å². The second-order valence-electron chi connectivity index (χ2n) is 8.63. The maximum Gasteiger partial charge on any atom is 0.261 e. The second kappa shape index (κ2) is 10.3. The van der Waals surface area contributed by atoms with Gasteiger partial charge in [-0.1, -0.05) is 35.9 Å². The fourth-order valence-electron chi connectivity index (χ4n) is 4.46. The summed E-state index contributed by atoms with van der Waals surface area (Å²) in [6.45, 7) is 2.51. The molecule has 10 heteroatoms. The van der Waals surface area contributed by atoms with E-state index in [0.29, 0.717) is 33.1 Å². The van der Waals surface area contributed by atoms with Gasteiger partial charge in [0.2, 0.25) is 0 Å². The number of amides is 3. The number of nitrogens with zero attached hydrogens (tertiary/aromatic N) is 3. The molecule has 37 heavy (non-hydrogen) atoms. The average Bonchev–Trinajstić information content (AvgIpc) is 3.57. The molecule has 0 bridgehead atoms. The van der Waals surface area contributed by atoms with Crippen LogP contribution in [0.25, 0.3) is 11.3 Å². The third-order valence-electron chi connectivity index (χ3n) is 6.18. The Balaban J connectivity index is 1.39. The van der Waals surface area contributed by atoms with Gasteiger partial charge in [0.15, 0.2) is 0 Å². The van der Waals surface area contributed by atoms with Gasteiger partial charge in [-0.3, -0.25) is 24.0 Å². The Labute approximate surface area is 221 Å². The van der Waals surface area contributed by atoms with Crippen LogP contribution in [0.2, 0.25) is 5.02 Å². The van der Waals surface area contributed by atoms with Crippen molar-refractivity contribution in [3.05, 3.63) is 98.6 Å². The molecule has 1 N–H and O–H groups in total. The van der Waals surface area contributed by atoms with E-state index in [0.717, 1.165) is 16.2 Å². The smallest absolute Gasteiger partial charge is 0.261 e. The highest BCUT2D eigenvalue weighted by Gasteiger charge is 2.36. The van der Waals surface area contributed by atoms with Gasteiger partial charge in [0, 0.05) is 24.0 Å². The van der Waals surface area contributed by atoms with E-state index in [1.165, 1.54) is 23.5 Å². The van der Waals surface area contributed by atoms with Crippen molar-refractivity contribution in [2.75, 3.05) is 6.54 Å². The monoisotopic (exact) mass is 536 g/mol. The van der Waals surface area contributed by atoms with Crippen molar-refractivity contribution >= 4 is 40.7 Å². The van der Waals surface area contributed by atoms with Crippen molar-refractivity contribution in [2.45, 2.75) is 25.9 Å². The molecule has 4 aromatic rings. The largest absolute Gasteiger partial charge is 0.346 e. The van der Waals surface area contributed by atoms with E-state index in [1.807, 2.05) is 12.3 Å². The molecule has 2 aromatic heterocycles. The first-order valence-corrected chi connectivity index (χ1v) is 12.9. The van der Waals surface area contributed by atoms with Gasteiger partial charge in [0.1, 0.15) is 5.82 Å². The summed E-state index contributed by atoms with van der Waals surface area (Å²) < 4.78 is 15.6. The van der Waals surface area contributed by atoms with Crippen molar-refractivity contribution in [3.63, 3.8) is 0 Å². The number of hydrogen-bond donors (Lipinski definition) is 1. The van der Waals surface area contributed by atoms with E-state index in [4.69, 9.17) is 11.6 Å². The fraction of sp³-hybridized carbons (Fsp3) is 0.185. The van der Waals surface area contributed by atoms with Gasteiger partial charge in [-0.25, -0.2) is 4.39 Å². The van der Waals surface area contributed by atoms with E-state index in [-0.39, 0.29) is 18.9 Å². The third-order valence-corrected chi connectivity index (χ3v) is 7.38. The number of nitrogens with one attached hydrogen (secondary N) is 1. The molecule has 3 heterocycles. The quantitative estimate of drug-likeness (QED) is 0.319. The Morgan fingerprint density at radius 2 is 1.84 bits per heavy atom. The van der Waals surface area contributed by atoms with Gasteiger partial charge in [0.25, 0.3) is 17.7 Å². The van der Waals surface area contributed by atoms with E-state index in [2.05, 4.69) is 10.4 Å². The van der Waals surface area contributed by atoms with Crippen molar-refractivity contribution in [1.29, 1.82) is 0 Å². The first kappa shape index (κ1) is 24.9. The van der Waals surface area contributed by atoms with Crippen LogP contribution in [0.4, 0.5) is 4.39 Å². The van der Waals surface area contributed by atoms with Gasteiger partial charge in [0.05, 0.1) is 39.0 Å². The zero-order valence-corrected chi connectivity index (χ0v) is 21.4. The number of hydrogen-bond acceptors (Lipinski definition) is 5. The highest BCUT2D eigenvalue weighted by Crippen LogP contribution is 2.31. The summed E-state index contributed by atoms with van der Waals surface area (Å²) in [4.78, 5) is 40.7. The van der Waals surface area contributed by atoms with Crippen LogP contribution in [0.15, 0.2) is 66.2 Å². The van der Waals surface area contributed by atoms with Gasteiger partial charge >= 0.3 is 0 Å². The highest BCUT2D eigenvalue weighted by molar-refractivity contribution is 7.12. The van der Waals surface area contributed by atoms with Gasteiger partial charge < -0.3 is 5.32 Å². The maximum absolute atomic E-state index is 13.9. The summed E-state index contributed by atoms with van der Waals surface area (Å²) in [5, 5.41) is 9.51.